The van der Waals surface area contributed by atoms with Crippen LogP contribution in [0.1, 0.15) is 11.1 Å². The van der Waals surface area contributed by atoms with E-state index in [9.17, 15) is 15.0 Å². The first-order chi connectivity index (χ1) is 10.1. The minimum atomic E-state index is -0.828. The first kappa shape index (κ1) is 14.9. The molecule has 0 saturated heterocycles. The molecule has 2 aromatic rings. The third-order valence-corrected chi connectivity index (χ3v) is 3.38. The molecule has 4 heteroatoms. The molecule has 1 unspecified atom stereocenters. The van der Waals surface area contributed by atoms with Crippen molar-refractivity contribution in [1.29, 1.82) is 0 Å². The molecule has 0 radical (unpaired) electrons. The molecular weight excluding hydrogens is 268 g/mol. The zero-order chi connectivity index (χ0) is 15.2. The van der Waals surface area contributed by atoms with E-state index in [1.54, 1.807) is 31.4 Å². The van der Waals surface area contributed by atoms with Crippen molar-refractivity contribution in [1.82, 2.24) is 0 Å². The van der Waals surface area contributed by atoms with Gasteiger partial charge in [-0.2, -0.15) is 0 Å². The maximum absolute atomic E-state index is 11.4. The summed E-state index contributed by atoms with van der Waals surface area (Å²) in [5.74, 6) is -0.438. The smallest absolute Gasteiger partial charge is 0.307 e. The number of benzene rings is 2. The van der Waals surface area contributed by atoms with Crippen molar-refractivity contribution in [3.8, 4) is 11.5 Å². The number of carbonyl (C=O) groups is 1. The normalized spacial score (nSPS) is 11.9. The van der Waals surface area contributed by atoms with Crippen molar-refractivity contribution in [3.63, 3.8) is 0 Å². The zero-order valence-corrected chi connectivity index (χ0v) is 11.8. The van der Waals surface area contributed by atoms with Crippen LogP contribution >= 0.6 is 0 Å². The Labute approximate surface area is 123 Å². The molecule has 2 rings (SSSR count). The first-order valence-corrected chi connectivity index (χ1v) is 6.72. The quantitative estimate of drug-likeness (QED) is 0.857. The van der Waals surface area contributed by atoms with Gasteiger partial charge in [-0.05, 0) is 48.2 Å². The van der Waals surface area contributed by atoms with Gasteiger partial charge in [0.1, 0.15) is 11.5 Å². The molecule has 0 aliphatic heterocycles. The average Bonchev–Trinajstić information content (AvgIpc) is 2.49. The Bertz CT molecular complexity index is 604. The molecule has 0 bridgehead atoms. The molecule has 0 heterocycles. The molecule has 2 N–H and O–H groups in total. The standard InChI is InChI=1S/C17H18O4/c1-21-16-4-2-3-13(11-16)10-14(17(19)20)9-12-5-7-15(18)8-6-12/h2-8,11,14,18H,9-10H2,1H3,(H,19,20). The van der Waals surface area contributed by atoms with Crippen LogP contribution in [0.3, 0.4) is 0 Å². The fourth-order valence-electron chi connectivity index (χ4n) is 2.25. The number of phenolic OH excluding ortho intramolecular Hbond substituents is 1. The lowest BCUT2D eigenvalue weighted by Crippen LogP contribution is -2.19. The second kappa shape index (κ2) is 6.79. The molecule has 110 valence electrons. The van der Waals surface area contributed by atoms with Crippen LogP contribution in [0.2, 0.25) is 0 Å². The van der Waals surface area contributed by atoms with Gasteiger partial charge >= 0.3 is 5.97 Å². The number of carboxylic acid groups (broad SMARTS) is 1. The molecule has 1 atom stereocenters. The van der Waals surface area contributed by atoms with Crippen LogP contribution < -0.4 is 4.74 Å². The summed E-state index contributed by atoms with van der Waals surface area (Å²) >= 11 is 0. The van der Waals surface area contributed by atoms with Gasteiger partial charge in [0.25, 0.3) is 0 Å². The van der Waals surface area contributed by atoms with Crippen LogP contribution in [-0.4, -0.2) is 23.3 Å². The highest BCUT2D eigenvalue weighted by Gasteiger charge is 2.19. The van der Waals surface area contributed by atoms with E-state index in [-0.39, 0.29) is 5.75 Å². The Morgan fingerprint density at radius 1 is 1.10 bits per heavy atom. The number of aliphatic carboxylic acids is 1. The van der Waals surface area contributed by atoms with Crippen LogP contribution in [-0.2, 0) is 17.6 Å². The predicted octanol–water partition coefficient (Wildman–Crippen LogP) is 2.89. The van der Waals surface area contributed by atoms with Gasteiger partial charge in [-0.15, -0.1) is 0 Å². The maximum atomic E-state index is 11.4. The molecule has 0 aromatic heterocycles. The van der Waals surface area contributed by atoms with E-state index in [0.717, 1.165) is 16.9 Å². The number of methoxy groups -OCH3 is 1. The molecule has 0 saturated carbocycles. The molecule has 2 aromatic carbocycles. The molecule has 0 spiro atoms. The highest BCUT2D eigenvalue weighted by molar-refractivity contribution is 5.71. The van der Waals surface area contributed by atoms with Crippen molar-refractivity contribution in [2.75, 3.05) is 7.11 Å². The molecular formula is C17H18O4. The summed E-state index contributed by atoms with van der Waals surface area (Å²) in [4.78, 5) is 11.4. The van der Waals surface area contributed by atoms with Crippen LogP contribution in [0.4, 0.5) is 0 Å². The molecule has 0 aliphatic rings. The SMILES string of the molecule is COc1cccc(CC(Cc2ccc(O)cc2)C(=O)O)c1. The zero-order valence-electron chi connectivity index (χ0n) is 11.8. The van der Waals surface area contributed by atoms with Gasteiger partial charge in [0.2, 0.25) is 0 Å². The van der Waals surface area contributed by atoms with E-state index in [2.05, 4.69) is 0 Å². The summed E-state index contributed by atoms with van der Waals surface area (Å²) in [6, 6.07) is 14.1. The fraction of sp³-hybridized carbons (Fsp3) is 0.235. The summed E-state index contributed by atoms with van der Waals surface area (Å²) in [6.07, 6.45) is 0.861. The summed E-state index contributed by atoms with van der Waals surface area (Å²) in [5, 5.41) is 18.7. The van der Waals surface area contributed by atoms with Gasteiger partial charge in [0.15, 0.2) is 0 Å². The Morgan fingerprint density at radius 3 is 2.38 bits per heavy atom. The van der Waals surface area contributed by atoms with Gasteiger partial charge in [-0.3, -0.25) is 4.79 Å². The van der Waals surface area contributed by atoms with Crippen molar-refractivity contribution in [3.05, 3.63) is 59.7 Å². The van der Waals surface area contributed by atoms with E-state index < -0.39 is 11.9 Å². The minimum Gasteiger partial charge on any atom is -0.508 e. The average molecular weight is 286 g/mol. The van der Waals surface area contributed by atoms with Crippen LogP contribution in [0.15, 0.2) is 48.5 Å². The third-order valence-electron chi connectivity index (χ3n) is 3.38. The second-order valence-electron chi connectivity index (χ2n) is 4.96. The molecule has 4 nitrogen and oxygen atoms in total. The number of hydrogen-bond acceptors (Lipinski definition) is 3. The van der Waals surface area contributed by atoms with E-state index in [4.69, 9.17) is 4.74 Å². The number of hydrogen-bond donors (Lipinski definition) is 2. The van der Waals surface area contributed by atoms with Crippen molar-refractivity contribution in [2.24, 2.45) is 5.92 Å². The Hall–Kier alpha value is -2.49. The number of rotatable bonds is 6. The molecule has 0 amide bonds. The second-order valence-corrected chi connectivity index (χ2v) is 4.96. The van der Waals surface area contributed by atoms with Gasteiger partial charge in [0, 0.05) is 0 Å². The monoisotopic (exact) mass is 286 g/mol. The number of phenols is 1. The minimum absolute atomic E-state index is 0.179. The molecule has 21 heavy (non-hydrogen) atoms. The Kier molecular flexibility index (Phi) is 4.82. The fourth-order valence-corrected chi connectivity index (χ4v) is 2.25. The Morgan fingerprint density at radius 2 is 1.76 bits per heavy atom. The lowest BCUT2D eigenvalue weighted by Gasteiger charge is -2.13. The van der Waals surface area contributed by atoms with Crippen LogP contribution in [0.5, 0.6) is 11.5 Å². The van der Waals surface area contributed by atoms with Crippen LogP contribution in [0.25, 0.3) is 0 Å². The van der Waals surface area contributed by atoms with Crippen molar-refractivity contribution in [2.45, 2.75) is 12.8 Å². The topological polar surface area (TPSA) is 66.8 Å². The summed E-state index contributed by atoms with van der Waals surface area (Å²) in [5.41, 5.74) is 1.82. The van der Waals surface area contributed by atoms with E-state index in [0.29, 0.717) is 12.8 Å². The van der Waals surface area contributed by atoms with Gasteiger partial charge in [-0.1, -0.05) is 24.3 Å². The van der Waals surface area contributed by atoms with Crippen LogP contribution in [0, 0.1) is 5.92 Å². The number of carboxylic acids is 1. The lowest BCUT2D eigenvalue weighted by molar-refractivity contribution is -0.141. The third kappa shape index (κ3) is 4.24. The first-order valence-electron chi connectivity index (χ1n) is 6.72. The van der Waals surface area contributed by atoms with Gasteiger partial charge in [-0.25, -0.2) is 0 Å². The summed E-state index contributed by atoms with van der Waals surface area (Å²) < 4.78 is 5.15. The van der Waals surface area contributed by atoms with E-state index in [1.165, 1.54) is 0 Å². The van der Waals surface area contributed by atoms with Gasteiger partial charge < -0.3 is 14.9 Å². The number of ether oxygens (including phenoxy) is 1. The van der Waals surface area contributed by atoms with E-state index >= 15 is 0 Å². The largest absolute Gasteiger partial charge is 0.508 e. The number of aromatic hydroxyl groups is 1. The van der Waals surface area contributed by atoms with Gasteiger partial charge in [0.05, 0.1) is 13.0 Å². The highest BCUT2D eigenvalue weighted by Crippen LogP contribution is 2.20. The summed E-state index contributed by atoms with van der Waals surface area (Å²) in [7, 11) is 1.59. The van der Waals surface area contributed by atoms with Crippen molar-refractivity contribution >= 4 is 5.97 Å². The molecule has 0 aliphatic carbocycles. The maximum Gasteiger partial charge on any atom is 0.307 e. The Balaban J connectivity index is 2.11. The summed E-state index contributed by atoms with van der Waals surface area (Å²) in [6.45, 7) is 0. The predicted molar refractivity (Wildman–Crippen MR) is 79.6 cm³/mol. The highest BCUT2D eigenvalue weighted by atomic mass is 16.5. The molecule has 0 fully saturated rings. The lowest BCUT2D eigenvalue weighted by atomic mass is 9.92. The van der Waals surface area contributed by atoms with E-state index in [1.807, 2.05) is 24.3 Å². The van der Waals surface area contributed by atoms with Crippen molar-refractivity contribution < 1.29 is 19.7 Å².